The predicted octanol–water partition coefficient (Wildman–Crippen LogP) is 2.73. The number of nitrogens with zero attached hydrogens (tertiary/aromatic N) is 1. The number of benzene rings is 1. The van der Waals surface area contributed by atoms with E-state index in [1.807, 2.05) is 24.3 Å². The van der Waals surface area contributed by atoms with Crippen LogP contribution in [0.5, 0.6) is 0 Å². The highest BCUT2D eigenvalue weighted by atomic mass is 79.9. The quantitative estimate of drug-likeness (QED) is 0.948. The maximum atomic E-state index is 12.1. The largest absolute Gasteiger partial charge is 0.396 e. The molecule has 0 aliphatic heterocycles. The molecule has 0 saturated carbocycles. The van der Waals surface area contributed by atoms with Crippen LogP contribution < -0.4 is 5.73 Å². The van der Waals surface area contributed by atoms with Crippen molar-refractivity contribution in [1.29, 1.82) is 0 Å². The maximum Gasteiger partial charge on any atom is 0.0664 e. The maximum absolute atomic E-state index is 12.1. The Morgan fingerprint density at radius 2 is 2.18 bits per heavy atom. The van der Waals surface area contributed by atoms with Gasteiger partial charge in [-0.1, -0.05) is 28.1 Å². The Hall–Kier alpha value is -1.20. The van der Waals surface area contributed by atoms with E-state index in [4.69, 9.17) is 5.73 Å². The van der Waals surface area contributed by atoms with E-state index < -0.39 is 10.8 Å². The molecule has 2 rings (SSSR count). The summed E-state index contributed by atoms with van der Waals surface area (Å²) in [6, 6.07) is 9.46. The molecule has 2 aromatic rings. The smallest absolute Gasteiger partial charge is 0.0664 e. The molecule has 5 heteroatoms. The van der Waals surface area contributed by atoms with Crippen LogP contribution in [0, 0.1) is 0 Å². The normalized spacial score (nSPS) is 12.3. The van der Waals surface area contributed by atoms with E-state index in [2.05, 4.69) is 20.9 Å². The number of anilines is 1. The predicted molar refractivity (Wildman–Crippen MR) is 72.9 cm³/mol. The summed E-state index contributed by atoms with van der Waals surface area (Å²) in [5.74, 6) is 0.452. The fraction of sp³-hybridized carbons (Fsp3) is 0.0833. The molecule has 0 bridgehead atoms. The van der Waals surface area contributed by atoms with Gasteiger partial charge in [-0.3, -0.25) is 9.19 Å². The van der Waals surface area contributed by atoms with Gasteiger partial charge in [-0.15, -0.1) is 0 Å². The summed E-state index contributed by atoms with van der Waals surface area (Å²) in [4.78, 5) is 4.52. The third kappa shape index (κ3) is 3.14. The number of pyridine rings is 1. The molecule has 0 saturated heterocycles. The van der Waals surface area contributed by atoms with E-state index in [1.54, 1.807) is 12.3 Å². The molecule has 3 nitrogen and oxygen atoms in total. The van der Waals surface area contributed by atoms with Gasteiger partial charge in [0.1, 0.15) is 0 Å². The molecular formula is C12H11BrN2OS. The Bertz CT molecular complexity index is 560. The molecule has 0 radical (unpaired) electrons. The van der Waals surface area contributed by atoms with Gasteiger partial charge < -0.3 is 5.73 Å². The minimum absolute atomic E-state index is 0.452. The molecule has 0 aliphatic carbocycles. The molecule has 2 N–H and O–H groups in total. The number of rotatable bonds is 3. The zero-order valence-corrected chi connectivity index (χ0v) is 11.4. The van der Waals surface area contributed by atoms with Crippen molar-refractivity contribution in [3.05, 3.63) is 52.8 Å². The van der Waals surface area contributed by atoms with Crippen LogP contribution >= 0.6 is 15.9 Å². The van der Waals surface area contributed by atoms with Gasteiger partial charge in [0.05, 0.1) is 33.3 Å². The van der Waals surface area contributed by atoms with Crippen LogP contribution in [-0.2, 0) is 16.6 Å². The number of hydrogen-bond acceptors (Lipinski definition) is 3. The molecule has 1 atom stereocenters. The fourth-order valence-electron chi connectivity index (χ4n) is 1.46. The lowest BCUT2D eigenvalue weighted by Gasteiger charge is -2.05. The van der Waals surface area contributed by atoms with Crippen molar-refractivity contribution in [1.82, 2.24) is 4.98 Å². The van der Waals surface area contributed by atoms with Gasteiger partial charge in [-0.05, 0) is 23.8 Å². The average molecular weight is 311 g/mol. The Morgan fingerprint density at radius 3 is 2.88 bits per heavy atom. The van der Waals surface area contributed by atoms with E-state index in [0.29, 0.717) is 16.3 Å². The topological polar surface area (TPSA) is 56.0 Å². The van der Waals surface area contributed by atoms with Crippen molar-refractivity contribution < 1.29 is 4.21 Å². The second-order valence-electron chi connectivity index (χ2n) is 3.53. The second kappa shape index (κ2) is 5.42. The summed E-state index contributed by atoms with van der Waals surface area (Å²) < 4.78 is 13.1. The molecule has 0 fully saturated rings. The average Bonchev–Trinajstić information content (AvgIpc) is 2.29. The molecular weight excluding hydrogens is 300 g/mol. The minimum atomic E-state index is -1.14. The van der Waals surface area contributed by atoms with Crippen LogP contribution in [0.2, 0.25) is 0 Å². The van der Waals surface area contributed by atoms with Crippen molar-refractivity contribution in [2.75, 3.05) is 5.73 Å². The summed E-state index contributed by atoms with van der Waals surface area (Å²) in [7, 11) is -1.14. The zero-order chi connectivity index (χ0) is 12.3. The number of halogens is 1. The van der Waals surface area contributed by atoms with Crippen LogP contribution in [0.15, 0.2) is 52.1 Å². The van der Waals surface area contributed by atoms with Gasteiger partial charge in [0.15, 0.2) is 0 Å². The molecule has 0 amide bonds. The Kier molecular flexibility index (Phi) is 3.91. The van der Waals surface area contributed by atoms with Crippen molar-refractivity contribution >= 4 is 32.4 Å². The van der Waals surface area contributed by atoms with Crippen molar-refractivity contribution in [3.63, 3.8) is 0 Å². The number of hydrogen-bond donors (Lipinski definition) is 1. The first kappa shape index (κ1) is 12.3. The molecule has 1 aromatic heterocycles. The third-order valence-electron chi connectivity index (χ3n) is 2.24. The molecule has 0 aliphatic rings. The lowest BCUT2D eigenvalue weighted by molar-refractivity contribution is 0.683. The summed E-state index contributed by atoms with van der Waals surface area (Å²) >= 11 is 3.39. The Morgan fingerprint density at radius 1 is 1.35 bits per heavy atom. The fourth-order valence-corrected chi connectivity index (χ4v) is 3.07. The molecule has 1 unspecified atom stereocenters. The molecule has 1 heterocycles. The highest BCUT2D eigenvalue weighted by Gasteiger charge is 2.08. The Labute approximate surface area is 111 Å². The second-order valence-corrected chi connectivity index (χ2v) is 5.87. The van der Waals surface area contributed by atoms with Gasteiger partial charge in [0.2, 0.25) is 0 Å². The van der Waals surface area contributed by atoms with Gasteiger partial charge in [-0.2, -0.15) is 0 Å². The van der Waals surface area contributed by atoms with Crippen LogP contribution in [0.3, 0.4) is 0 Å². The van der Waals surface area contributed by atoms with E-state index in [-0.39, 0.29) is 0 Å². The number of nitrogen functional groups attached to an aromatic ring is 1. The van der Waals surface area contributed by atoms with Crippen LogP contribution in [0.1, 0.15) is 5.56 Å². The van der Waals surface area contributed by atoms with E-state index >= 15 is 0 Å². The summed E-state index contributed by atoms with van der Waals surface area (Å²) in [5.41, 5.74) is 7.22. The zero-order valence-electron chi connectivity index (χ0n) is 8.97. The molecule has 0 spiro atoms. The molecule has 1 aromatic carbocycles. The van der Waals surface area contributed by atoms with E-state index in [1.165, 1.54) is 6.20 Å². The van der Waals surface area contributed by atoms with Crippen LogP contribution in [0.25, 0.3) is 0 Å². The summed E-state index contributed by atoms with van der Waals surface area (Å²) in [6.45, 7) is 0. The summed E-state index contributed by atoms with van der Waals surface area (Å²) in [5, 5.41) is 0. The third-order valence-corrected chi connectivity index (χ3v) is 4.19. The Balaban J connectivity index is 2.20. The number of aromatic nitrogens is 1. The highest BCUT2D eigenvalue weighted by Crippen LogP contribution is 2.19. The highest BCUT2D eigenvalue weighted by molar-refractivity contribution is 9.10. The van der Waals surface area contributed by atoms with Crippen molar-refractivity contribution in [3.8, 4) is 0 Å². The lowest BCUT2D eigenvalue weighted by atomic mass is 10.2. The monoisotopic (exact) mass is 310 g/mol. The summed E-state index contributed by atoms with van der Waals surface area (Å²) in [6.07, 6.45) is 3.12. The van der Waals surface area contributed by atoms with Crippen LogP contribution in [0.4, 0.5) is 5.69 Å². The lowest BCUT2D eigenvalue weighted by Crippen LogP contribution is -2.01. The number of nitrogens with two attached hydrogens (primary N) is 1. The molecule has 17 heavy (non-hydrogen) atoms. The SMILES string of the molecule is Nc1cnccc1S(=O)Cc1cccc(Br)c1. The molecule has 88 valence electrons. The minimum Gasteiger partial charge on any atom is -0.396 e. The van der Waals surface area contributed by atoms with Gasteiger partial charge in [0.25, 0.3) is 0 Å². The first-order chi connectivity index (χ1) is 8.16. The van der Waals surface area contributed by atoms with E-state index in [0.717, 1.165) is 10.0 Å². The van der Waals surface area contributed by atoms with Gasteiger partial charge in [0, 0.05) is 10.7 Å². The first-order valence-electron chi connectivity index (χ1n) is 4.99. The van der Waals surface area contributed by atoms with Crippen molar-refractivity contribution in [2.24, 2.45) is 0 Å². The standard InChI is InChI=1S/C12H11BrN2OS/c13-10-3-1-2-9(6-10)8-17(16)12-4-5-15-7-11(12)14/h1-7H,8,14H2. The van der Waals surface area contributed by atoms with Crippen molar-refractivity contribution in [2.45, 2.75) is 10.6 Å². The van der Waals surface area contributed by atoms with Gasteiger partial charge in [-0.25, -0.2) is 0 Å². The van der Waals surface area contributed by atoms with Gasteiger partial charge >= 0.3 is 0 Å². The van der Waals surface area contributed by atoms with E-state index in [9.17, 15) is 4.21 Å². The first-order valence-corrected chi connectivity index (χ1v) is 7.10. The van der Waals surface area contributed by atoms with Crippen LogP contribution in [-0.4, -0.2) is 9.19 Å².